The van der Waals surface area contributed by atoms with Crippen molar-refractivity contribution in [3.05, 3.63) is 95.3 Å². The van der Waals surface area contributed by atoms with Crippen LogP contribution in [0.25, 0.3) is 0 Å². The highest BCUT2D eigenvalue weighted by molar-refractivity contribution is 5.94. The van der Waals surface area contributed by atoms with Crippen molar-refractivity contribution in [2.45, 2.75) is 6.04 Å². The zero-order chi connectivity index (χ0) is 25.5. The third-order valence-electron chi connectivity index (χ3n) is 6.33. The fourth-order valence-electron chi connectivity index (χ4n) is 4.28. The second kappa shape index (κ2) is 11.7. The topological polar surface area (TPSA) is 71.1 Å². The van der Waals surface area contributed by atoms with Gasteiger partial charge in [0.1, 0.15) is 17.3 Å². The van der Waals surface area contributed by atoms with Gasteiger partial charge in [-0.25, -0.2) is 4.39 Å². The van der Waals surface area contributed by atoms with Crippen molar-refractivity contribution in [2.75, 3.05) is 46.9 Å². The van der Waals surface area contributed by atoms with Gasteiger partial charge in [0.05, 0.1) is 32.4 Å². The summed E-state index contributed by atoms with van der Waals surface area (Å²) in [5.74, 6) is 0.506. The number of methoxy groups -OCH3 is 2. The molecule has 4 rings (SSSR count). The highest BCUT2D eigenvalue weighted by Gasteiger charge is 2.26. The smallest absolute Gasteiger partial charge is 0.256 e. The number of rotatable bonds is 8. The molecule has 0 aliphatic carbocycles. The third-order valence-corrected chi connectivity index (χ3v) is 6.33. The Labute approximate surface area is 210 Å². The Morgan fingerprint density at radius 2 is 1.36 bits per heavy atom. The average molecular weight is 492 g/mol. The van der Waals surface area contributed by atoms with Gasteiger partial charge in [-0.3, -0.25) is 14.5 Å². The number of carbonyl (C=O) groups is 2. The van der Waals surface area contributed by atoms with Crippen molar-refractivity contribution in [2.24, 2.45) is 0 Å². The molecule has 1 aliphatic rings. The highest BCUT2D eigenvalue weighted by Crippen LogP contribution is 2.26. The maximum atomic E-state index is 14.0. The molecule has 1 aliphatic heterocycles. The fourth-order valence-corrected chi connectivity index (χ4v) is 4.28. The van der Waals surface area contributed by atoms with Gasteiger partial charge in [0.15, 0.2) is 0 Å². The first-order valence-electron chi connectivity index (χ1n) is 11.8. The maximum absolute atomic E-state index is 14.0. The number of carbonyl (C=O) groups excluding carboxylic acids is 2. The molecule has 3 aromatic carbocycles. The van der Waals surface area contributed by atoms with Gasteiger partial charge in [0.2, 0.25) is 5.91 Å². The first kappa shape index (κ1) is 25.2. The van der Waals surface area contributed by atoms with Crippen LogP contribution in [-0.2, 0) is 4.79 Å². The van der Waals surface area contributed by atoms with E-state index in [0.29, 0.717) is 26.2 Å². The van der Waals surface area contributed by atoms with Crippen LogP contribution in [-0.4, -0.2) is 68.6 Å². The van der Waals surface area contributed by atoms with Crippen LogP contribution in [0.2, 0.25) is 0 Å². The quantitative estimate of drug-likeness (QED) is 0.522. The Morgan fingerprint density at radius 1 is 0.833 bits per heavy atom. The van der Waals surface area contributed by atoms with Gasteiger partial charge in [-0.1, -0.05) is 36.4 Å². The Hall–Kier alpha value is -3.91. The molecule has 7 nitrogen and oxygen atoms in total. The number of benzene rings is 3. The monoisotopic (exact) mass is 491 g/mol. The number of amides is 2. The summed E-state index contributed by atoms with van der Waals surface area (Å²) in [6.45, 7) is 2.12. The molecule has 0 spiro atoms. The average Bonchev–Trinajstić information content (AvgIpc) is 2.92. The Kier molecular flexibility index (Phi) is 8.17. The summed E-state index contributed by atoms with van der Waals surface area (Å²) in [7, 11) is 3.22. The van der Waals surface area contributed by atoms with E-state index < -0.39 is 5.82 Å². The van der Waals surface area contributed by atoms with E-state index in [0.717, 1.165) is 22.6 Å². The number of hydrogen-bond acceptors (Lipinski definition) is 5. The number of ether oxygens (including phenoxy) is 2. The van der Waals surface area contributed by atoms with Crippen molar-refractivity contribution in [3.63, 3.8) is 0 Å². The van der Waals surface area contributed by atoms with Gasteiger partial charge >= 0.3 is 0 Å². The van der Waals surface area contributed by atoms with Crippen LogP contribution in [0.1, 0.15) is 27.5 Å². The molecular formula is C28H30FN3O4. The molecule has 3 aromatic rings. The van der Waals surface area contributed by atoms with Gasteiger partial charge in [0, 0.05) is 26.2 Å². The first-order chi connectivity index (χ1) is 17.5. The Morgan fingerprint density at radius 3 is 1.86 bits per heavy atom. The standard InChI is InChI=1S/C28H30FN3O4/c1-35-22-11-7-20(8-12-22)27(21-9-13-23(36-2)14-10-21)30-26(33)19-31-15-17-32(18-16-31)28(34)24-5-3-4-6-25(24)29/h3-14,27H,15-19H2,1-2H3,(H,30,33). The number of halogens is 1. The summed E-state index contributed by atoms with van der Waals surface area (Å²) in [6.07, 6.45) is 0. The summed E-state index contributed by atoms with van der Waals surface area (Å²) in [6, 6.07) is 20.8. The lowest BCUT2D eigenvalue weighted by Crippen LogP contribution is -2.51. The van der Waals surface area contributed by atoms with E-state index >= 15 is 0 Å². The molecule has 8 heteroatoms. The lowest BCUT2D eigenvalue weighted by Gasteiger charge is -2.34. The van der Waals surface area contributed by atoms with Crippen molar-refractivity contribution in [3.8, 4) is 11.5 Å². The lowest BCUT2D eigenvalue weighted by atomic mass is 9.98. The minimum Gasteiger partial charge on any atom is -0.497 e. The largest absolute Gasteiger partial charge is 0.497 e. The van der Waals surface area contributed by atoms with E-state index in [1.807, 2.05) is 53.4 Å². The summed E-state index contributed by atoms with van der Waals surface area (Å²) < 4.78 is 24.5. The van der Waals surface area contributed by atoms with E-state index in [1.54, 1.807) is 31.3 Å². The molecule has 1 fully saturated rings. The van der Waals surface area contributed by atoms with Gasteiger partial charge in [-0.2, -0.15) is 0 Å². The molecule has 1 heterocycles. The van der Waals surface area contributed by atoms with Crippen LogP contribution in [0.5, 0.6) is 11.5 Å². The van der Waals surface area contributed by atoms with E-state index in [9.17, 15) is 14.0 Å². The summed E-state index contributed by atoms with van der Waals surface area (Å²) in [5.41, 5.74) is 1.93. The second-order valence-electron chi connectivity index (χ2n) is 8.60. The van der Waals surface area contributed by atoms with Gasteiger partial charge in [-0.15, -0.1) is 0 Å². The zero-order valence-corrected chi connectivity index (χ0v) is 20.4. The van der Waals surface area contributed by atoms with Crippen molar-refractivity contribution in [1.29, 1.82) is 0 Å². The lowest BCUT2D eigenvalue weighted by molar-refractivity contribution is -0.123. The van der Waals surface area contributed by atoms with E-state index in [2.05, 4.69) is 5.32 Å². The van der Waals surface area contributed by atoms with Gasteiger partial charge < -0.3 is 19.7 Å². The third kappa shape index (κ3) is 6.01. The summed E-state index contributed by atoms with van der Waals surface area (Å²) >= 11 is 0. The fraction of sp³-hybridized carbons (Fsp3) is 0.286. The summed E-state index contributed by atoms with van der Waals surface area (Å²) in [4.78, 5) is 29.4. The molecule has 1 saturated heterocycles. The number of nitrogens with zero attached hydrogens (tertiary/aromatic N) is 2. The van der Waals surface area contributed by atoms with Crippen molar-refractivity contribution in [1.82, 2.24) is 15.1 Å². The van der Waals surface area contributed by atoms with Gasteiger partial charge in [-0.05, 0) is 47.5 Å². The Bertz CT molecular complexity index is 1130. The van der Waals surface area contributed by atoms with Crippen LogP contribution in [0.3, 0.4) is 0 Å². The van der Waals surface area contributed by atoms with E-state index in [4.69, 9.17) is 9.47 Å². The number of piperazine rings is 1. The predicted molar refractivity (Wildman–Crippen MR) is 135 cm³/mol. The molecule has 0 saturated carbocycles. The molecule has 1 N–H and O–H groups in total. The number of hydrogen-bond donors (Lipinski definition) is 1. The number of nitrogens with one attached hydrogen (secondary N) is 1. The van der Waals surface area contributed by atoms with E-state index in [-0.39, 0.29) is 30.0 Å². The molecule has 188 valence electrons. The Balaban J connectivity index is 1.39. The summed E-state index contributed by atoms with van der Waals surface area (Å²) in [5, 5.41) is 3.15. The highest BCUT2D eigenvalue weighted by atomic mass is 19.1. The molecule has 0 aromatic heterocycles. The van der Waals surface area contributed by atoms with Crippen molar-refractivity contribution >= 4 is 11.8 Å². The normalized spacial score (nSPS) is 13.9. The molecule has 0 unspecified atom stereocenters. The maximum Gasteiger partial charge on any atom is 0.256 e. The van der Waals surface area contributed by atoms with Gasteiger partial charge in [0.25, 0.3) is 5.91 Å². The minimum absolute atomic E-state index is 0.0746. The minimum atomic E-state index is -0.521. The SMILES string of the molecule is COc1ccc(C(NC(=O)CN2CCN(C(=O)c3ccccc3F)CC2)c2ccc(OC)cc2)cc1. The molecule has 0 radical (unpaired) electrons. The van der Waals surface area contributed by atoms with Crippen LogP contribution >= 0.6 is 0 Å². The van der Waals surface area contributed by atoms with Crippen LogP contribution < -0.4 is 14.8 Å². The zero-order valence-electron chi connectivity index (χ0n) is 20.4. The van der Waals surface area contributed by atoms with Crippen LogP contribution in [0.15, 0.2) is 72.8 Å². The molecule has 0 bridgehead atoms. The molecule has 0 atom stereocenters. The predicted octanol–water partition coefficient (Wildman–Crippen LogP) is 3.51. The molecule has 2 amide bonds. The molecule has 36 heavy (non-hydrogen) atoms. The molecular weight excluding hydrogens is 461 g/mol. The second-order valence-corrected chi connectivity index (χ2v) is 8.60. The van der Waals surface area contributed by atoms with Crippen LogP contribution in [0, 0.1) is 5.82 Å². The first-order valence-corrected chi connectivity index (χ1v) is 11.8. The van der Waals surface area contributed by atoms with Crippen molar-refractivity contribution < 1.29 is 23.5 Å². The van der Waals surface area contributed by atoms with Crippen LogP contribution in [0.4, 0.5) is 4.39 Å². The van der Waals surface area contributed by atoms with E-state index in [1.165, 1.54) is 12.1 Å².